The van der Waals surface area contributed by atoms with Crippen LogP contribution in [0.4, 0.5) is 4.79 Å². The van der Waals surface area contributed by atoms with Crippen molar-refractivity contribution in [2.45, 2.75) is 77.9 Å². The van der Waals surface area contributed by atoms with Crippen LogP contribution in [0, 0.1) is 0 Å². The number of fused-ring (bicyclic) bond motifs is 1. The Bertz CT molecular complexity index is 624. The molecule has 2 unspecified atom stereocenters. The van der Waals surface area contributed by atoms with Crippen LogP contribution in [0.1, 0.15) is 57.2 Å². The van der Waals surface area contributed by atoms with Crippen LogP contribution in [0.25, 0.3) is 0 Å². The van der Waals surface area contributed by atoms with Gasteiger partial charge in [-0.25, -0.2) is 4.79 Å². The van der Waals surface area contributed by atoms with Crippen LogP contribution in [0.15, 0.2) is 18.2 Å². The topological polar surface area (TPSA) is 50.8 Å². The number of nitrogens with one attached hydrogen (secondary N) is 1. The zero-order chi connectivity index (χ0) is 18.0. The van der Waals surface area contributed by atoms with Crippen LogP contribution < -0.4 is 5.32 Å². The lowest BCUT2D eigenvalue weighted by atomic mass is 10.0. The van der Waals surface area contributed by atoms with Gasteiger partial charge in [0.05, 0.1) is 6.10 Å². The van der Waals surface area contributed by atoms with Crippen molar-refractivity contribution in [3.05, 3.63) is 34.9 Å². The summed E-state index contributed by atoms with van der Waals surface area (Å²) in [5.74, 6) is 0. The summed E-state index contributed by atoms with van der Waals surface area (Å²) in [4.78, 5) is 14.0. The first-order chi connectivity index (χ1) is 11.8. The maximum absolute atomic E-state index is 12.3. The number of rotatable bonds is 3. The fourth-order valence-corrected chi connectivity index (χ4v) is 3.46. The molecule has 2 aliphatic heterocycles. The van der Waals surface area contributed by atoms with Crippen molar-refractivity contribution in [2.75, 3.05) is 6.61 Å². The highest BCUT2D eigenvalue weighted by Crippen LogP contribution is 2.26. The highest BCUT2D eigenvalue weighted by molar-refractivity contribution is 5.69. The molecule has 138 valence electrons. The van der Waals surface area contributed by atoms with Gasteiger partial charge in [0.25, 0.3) is 0 Å². The first-order valence-electron chi connectivity index (χ1n) is 9.24. The van der Waals surface area contributed by atoms with E-state index in [1.54, 1.807) is 4.90 Å². The fraction of sp³-hybridized carbons (Fsp3) is 0.650. The summed E-state index contributed by atoms with van der Waals surface area (Å²) in [6, 6.07) is 7.04. The predicted molar refractivity (Wildman–Crippen MR) is 97.2 cm³/mol. The molecule has 25 heavy (non-hydrogen) atoms. The van der Waals surface area contributed by atoms with Crippen LogP contribution in [0.2, 0.25) is 0 Å². The van der Waals surface area contributed by atoms with Gasteiger partial charge in [-0.1, -0.05) is 18.2 Å². The molecular weight excluding hydrogens is 316 g/mol. The Balaban J connectivity index is 1.56. The Labute approximate surface area is 150 Å². The second kappa shape index (κ2) is 7.34. The molecule has 0 bridgehead atoms. The third kappa shape index (κ3) is 4.95. The van der Waals surface area contributed by atoms with Crippen molar-refractivity contribution >= 4 is 6.09 Å². The monoisotopic (exact) mass is 346 g/mol. The number of hydrogen-bond acceptors (Lipinski definition) is 4. The van der Waals surface area contributed by atoms with E-state index in [1.165, 1.54) is 16.7 Å². The van der Waals surface area contributed by atoms with E-state index >= 15 is 0 Å². The maximum atomic E-state index is 12.3. The smallest absolute Gasteiger partial charge is 0.410 e. The number of carbonyl (C=O) groups is 1. The summed E-state index contributed by atoms with van der Waals surface area (Å²) in [5, 5.41) is 3.64. The number of amides is 1. The summed E-state index contributed by atoms with van der Waals surface area (Å²) in [5.41, 5.74) is 3.26. The van der Waals surface area contributed by atoms with Crippen LogP contribution >= 0.6 is 0 Å². The van der Waals surface area contributed by atoms with E-state index in [0.29, 0.717) is 25.2 Å². The molecule has 1 amide bonds. The third-order valence-corrected chi connectivity index (χ3v) is 4.72. The lowest BCUT2D eigenvalue weighted by Gasteiger charge is -2.28. The normalized spacial score (nSPS) is 23.4. The Kier molecular flexibility index (Phi) is 5.35. The molecule has 0 spiro atoms. The Hall–Kier alpha value is -1.59. The highest BCUT2D eigenvalue weighted by atomic mass is 16.6. The molecule has 1 aromatic rings. The molecule has 0 aromatic heterocycles. The molecule has 5 nitrogen and oxygen atoms in total. The molecule has 1 fully saturated rings. The molecule has 2 atom stereocenters. The molecule has 1 saturated heterocycles. The van der Waals surface area contributed by atoms with Gasteiger partial charge in [-0.3, -0.25) is 4.90 Å². The quantitative estimate of drug-likeness (QED) is 0.909. The van der Waals surface area contributed by atoms with E-state index in [4.69, 9.17) is 9.47 Å². The number of carbonyl (C=O) groups excluding carboxylic acids is 1. The Morgan fingerprint density at radius 2 is 2.08 bits per heavy atom. The number of benzene rings is 1. The van der Waals surface area contributed by atoms with Crippen molar-refractivity contribution in [1.82, 2.24) is 10.2 Å². The van der Waals surface area contributed by atoms with Gasteiger partial charge >= 0.3 is 6.09 Å². The van der Waals surface area contributed by atoms with Gasteiger partial charge in [0, 0.05) is 32.3 Å². The van der Waals surface area contributed by atoms with E-state index < -0.39 is 5.60 Å². The molecule has 3 rings (SSSR count). The van der Waals surface area contributed by atoms with Crippen molar-refractivity contribution in [2.24, 2.45) is 0 Å². The van der Waals surface area contributed by atoms with Crippen LogP contribution in [-0.2, 0) is 29.1 Å². The number of nitrogens with zero attached hydrogens (tertiary/aromatic N) is 1. The second-order valence-electron chi connectivity index (χ2n) is 8.22. The van der Waals surface area contributed by atoms with Crippen LogP contribution in [0.3, 0.4) is 0 Å². The molecule has 0 aliphatic carbocycles. The van der Waals surface area contributed by atoms with E-state index in [9.17, 15) is 4.79 Å². The van der Waals surface area contributed by atoms with E-state index in [-0.39, 0.29) is 6.09 Å². The largest absolute Gasteiger partial charge is 0.444 e. The van der Waals surface area contributed by atoms with Crippen molar-refractivity contribution in [3.63, 3.8) is 0 Å². The molecule has 1 aromatic carbocycles. The average Bonchev–Trinajstić information content (AvgIpc) is 2.95. The maximum Gasteiger partial charge on any atom is 0.410 e. The summed E-state index contributed by atoms with van der Waals surface area (Å²) in [6.45, 7) is 10.8. The zero-order valence-electron chi connectivity index (χ0n) is 15.8. The molecule has 2 aliphatic rings. The number of hydrogen-bond donors (Lipinski definition) is 1. The first kappa shape index (κ1) is 18.2. The molecule has 1 N–H and O–H groups in total. The predicted octanol–water partition coefficient (Wildman–Crippen LogP) is 3.59. The van der Waals surface area contributed by atoms with E-state index in [1.807, 2.05) is 20.8 Å². The van der Waals surface area contributed by atoms with Gasteiger partial charge < -0.3 is 14.8 Å². The van der Waals surface area contributed by atoms with Gasteiger partial charge in [0.15, 0.2) is 0 Å². The zero-order valence-corrected chi connectivity index (χ0v) is 15.8. The SMILES string of the molecule is CC1CC(NCc2ccc3c(c2)CN(C(=O)OC(C)(C)C)C3)CCO1. The number of ether oxygens (including phenoxy) is 2. The van der Waals surface area contributed by atoms with Crippen molar-refractivity contribution < 1.29 is 14.3 Å². The van der Waals surface area contributed by atoms with Crippen LogP contribution in [-0.4, -0.2) is 35.3 Å². The van der Waals surface area contributed by atoms with E-state index in [0.717, 1.165) is 26.0 Å². The molecule has 0 saturated carbocycles. The third-order valence-electron chi connectivity index (χ3n) is 4.72. The van der Waals surface area contributed by atoms with Gasteiger partial charge in [0.2, 0.25) is 0 Å². The summed E-state index contributed by atoms with van der Waals surface area (Å²) in [6.07, 6.45) is 2.24. The molecule has 5 heteroatoms. The lowest BCUT2D eigenvalue weighted by molar-refractivity contribution is 0.0130. The second-order valence-corrected chi connectivity index (χ2v) is 8.22. The minimum absolute atomic E-state index is 0.237. The average molecular weight is 346 g/mol. The Morgan fingerprint density at radius 1 is 1.32 bits per heavy atom. The van der Waals surface area contributed by atoms with Gasteiger partial charge in [0.1, 0.15) is 5.60 Å². The summed E-state index contributed by atoms with van der Waals surface area (Å²) >= 11 is 0. The fourth-order valence-electron chi connectivity index (χ4n) is 3.46. The van der Waals surface area contributed by atoms with Crippen molar-refractivity contribution in [1.29, 1.82) is 0 Å². The highest BCUT2D eigenvalue weighted by Gasteiger charge is 2.28. The summed E-state index contributed by atoms with van der Waals surface area (Å²) in [7, 11) is 0. The first-order valence-corrected chi connectivity index (χ1v) is 9.24. The Morgan fingerprint density at radius 3 is 2.80 bits per heavy atom. The molecular formula is C20H30N2O3. The van der Waals surface area contributed by atoms with Gasteiger partial charge in [-0.15, -0.1) is 0 Å². The van der Waals surface area contributed by atoms with E-state index in [2.05, 4.69) is 30.4 Å². The van der Waals surface area contributed by atoms with Crippen molar-refractivity contribution in [3.8, 4) is 0 Å². The van der Waals surface area contributed by atoms with Crippen LogP contribution in [0.5, 0.6) is 0 Å². The lowest BCUT2D eigenvalue weighted by Crippen LogP contribution is -2.37. The standard InChI is InChI=1S/C20H30N2O3/c1-14-9-18(7-8-24-14)21-11-15-5-6-16-12-22(13-17(16)10-15)19(23)25-20(2,3)4/h5-6,10,14,18,21H,7-9,11-13H2,1-4H3. The van der Waals surface area contributed by atoms with Gasteiger partial charge in [-0.05, 0) is 57.2 Å². The molecule has 0 radical (unpaired) electrons. The molecule has 2 heterocycles. The minimum atomic E-state index is -0.457. The summed E-state index contributed by atoms with van der Waals surface area (Å²) < 4.78 is 11.1. The minimum Gasteiger partial charge on any atom is -0.444 e. The van der Waals surface area contributed by atoms with Gasteiger partial charge in [-0.2, -0.15) is 0 Å².